The molecular formula is C11H13N5O2. The number of nitrogens with zero attached hydrogens (tertiary/aromatic N) is 3. The quantitative estimate of drug-likeness (QED) is 0.752. The molecule has 2 aromatic heterocycles. The summed E-state index contributed by atoms with van der Waals surface area (Å²) in [6, 6.07) is 0. The summed E-state index contributed by atoms with van der Waals surface area (Å²) < 4.78 is 0. The molecule has 3 N–H and O–H groups in total. The summed E-state index contributed by atoms with van der Waals surface area (Å²) in [4.78, 5) is 26.5. The fraction of sp³-hybridized carbons (Fsp3) is 0.455. The first-order valence-electron chi connectivity index (χ1n) is 5.87. The fourth-order valence-corrected chi connectivity index (χ4v) is 2.46. The number of carbonyl (C=O) groups is 1. The molecule has 0 aliphatic heterocycles. The van der Waals surface area contributed by atoms with Crippen molar-refractivity contribution in [2.75, 3.05) is 5.32 Å². The smallest absolute Gasteiger partial charge is 0.329 e. The van der Waals surface area contributed by atoms with E-state index < -0.39 is 11.5 Å². The SMILES string of the molecule is O=C(O)C1(Nc2ncnc3nc[nH]c23)CCCC1. The van der Waals surface area contributed by atoms with Crippen molar-refractivity contribution >= 4 is 23.0 Å². The Balaban J connectivity index is 2.00. The van der Waals surface area contributed by atoms with Gasteiger partial charge in [0.2, 0.25) is 0 Å². The first-order valence-corrected chi connectivity index (χ1v) is 5.87. The largest absolute Gasteiger partial charge is 0.480 e. The molecule has 2 heterocycles. The Hall–Kier alpha value is -2.18. The average molecular weight is 247 g/mol. The zero-order valence-electron chi connectivity index (χ0n) is 9.68. The van der Waals surface area contributed by atoms with Crippen LogP contribution in [-0.2, 0) is 4.79 Å². The molecule has 0 radical (unpaired) electrons. The van der Waals surface area contributed by atoms with Crippen LogP contribution in [0.25, 0.3) is 11.2 Å². The maximum absolute atomic E-state index is 11.5. The van der Waals surface area contributed by atoms with E-state index in [-0.39, 0.29) is 0 Å². The number of anilines is 1. The third-order valence-corrected chi connectivity index (χ3v) is 3.45. The van der Waals surface area contributed by atoms with Crippen LogP contribution in [0.5, 0.6) is 0 Å². The number of nitrogens with one attached hydrogen (secondary N) is 2. The van der Waals surface area contributed by atoms with E-state index in [0.717, 1.165) is 12.8 Å². The van der Waals surface area contributed by atoms with Gasteiger partial charge in [-0.05, 0) is 12.8 Å². The van der Waals surface area contributed by atoms with Crippen molar-refractivity contribution in [1.29, 1.82) is 0 Å². The van der Waals surface area contributed by atoms with E-state index in [2.05, 4.69) is 25.3 Å². The van der Waals surface area contributed by atoms with E-state index in [1.165, 1.54) is 12.7 Å². The molecule has 1 aliphatic carbocycles. The maximum Gasteiger partial charge on any atom is 0.329 e. The standard InChI is InChI=1S/C11H13N5O2/c17-10(18)11(3-1-2-4-11)16-9-7-8(13-5-12-7)14-6-15-9/h5-6H,1-4H2,(H,17,18)(H2,12,13,14,15,16). The lowest BCUT2D eigenvalue weighted by Crippen LogP contribution is -2.44. The van der Waals surface area contributed by atoms with Crippen LogP contribution in [-0.4, -0.2) is 36.6 Å². The van der Waals surface area contributed by atoms with Gasteiger partial charge in [-0.25, -0.2) is 19.7 Å². The van der Waals surface area contributed by atoms with Gasteiger partial charge in [-0.3, -0.25) is 0 Å². The van der Waals surface area contributed by atoms with Crippen LogP contribution in [0.2, 0.25) is 0 Å². The van der Waals surface area contributed by atoms with Gasteiger partial charge in [0.05, 0.1) is 6.33 Å². The second-order valence-electron chi connectivity index (χ2n) is 4.54. The molecule has 0 bridgehead atoms. The van der Waals surface area contributed by atoms with E-state index in [0.29, 0.717) is 29.8 Å². The predicted octanol–water partition coefficient (Wildman–Crippen LogP) is 1.16. The molecule has 94 valence electrons. The summed E-state index contributed by atoms with van der Waals surface area (Å²) in [6.07, 6.45) is 5.96. The van der Waals surface area contributed by atoms with Crippen LogP contribution in [0.1, 0.15) is 25.7 Å². The second-order valence-corrected chi connectivity index (χ2v) is 4.54. The Morgan fingerprint density at radius 1 is 1.33 bits per heavy atom. The molecular weight excluding hydrogens is 234 g/mol. The topological polar surface area (TPSA) is 104 Å². The number of imidazole rings is 1. The van der Waals surface area contributed by atoms with E-state index in [4.69, 9.17) is 0 Å². The lowest BCUT2D eigenvalue weighted by Gasteiger charge is -2.25. The monoisotopic (exact) mass is 247 g/mol. The third-order valence-electron chi connectivity index (χ3n) is 3.45. The van der Waals surface area contributed by atoms with Gasteiger partial charge < -0.3 is 15.4 Å². The van der Waals surface area contributed by atoms with Crippen molar-refractivity contribution in [3.63, 3.8) is 0 Å². The molecule has 1 aliphatic rings. The number of hydrogen-bond acceptors (Lipinski definition) is 5. The molecule has 0 atom stereocenters. The lowest BCUT2D eigenvalue weighted by molar-refractivity contribution is -0.142. The van der Waals surface area contributed by atoms with Crippen molar-refractivity contribution in [2.45, 2.75) is 31.2 Å². The van der Waals surface area contributed by atoms with E-state index in [1.807, 2.05) is 0 Å². The Kier molecular flexibility index (Phi) is 2.39. The van der Waals surface area contributed by atoms with E-state index in [1.54, 1.807) is 0 Å². The zero-order chi connectivity index (χ0) is 12.6. The molecule has 0 aromatic carbocycles. The highest BCUT2D eigenvalue weighted by molar-refractivity contribution is 5.88. The minimum atomic E-state index is -0.910. The Bertz CT molecular complexity index is 588. The van der Waals surface area contributed by atoms with Crippen LogP contribution in [0.4, 0.5) is 5.82 Å². The second kappa shape index (κ2) is 3.94. The van der Waals surface area contributed by atoms with Gasteiger partial charge in [0, 0.05) is 0 Å². The van der Waals surface area contributed by atoms with Gasteiger partial charge in [-0.1, -0.05) is 12.8 Å². The molecule has 3 rings (SSSR count). The summed E-state index contributed by atoms with van der Waals surface area (Å²) >= 11 is 0. The van der Waals surface area contributed by atoms with Gasteiger partial charge in [-0.2, -0.15) is 0 Å². The van der Waals surface area contributed by atoms with Crippen molar-refractivity contribution in [1.82, 2.24) is 19.9 Å². The normalized spacial score (nSPS) is 18.0. The van der Waals surface area contributed by atoms with Crippen molar-refractivity contribution < 1.29 is 9.90 Å². The van der Waals surface area contributed by atoms with E-state index in [9.17, 15) is 9.90 Å². The van der Waals surface area contributed by atoms with Gasteiger partial charge >= 0.3 is 5.97 Å². The minimum Gasteiger partial charge on any atom is -0.480 e. The highest BCUT2D eigenvalue weighted by Gasteiger charge is 2.42. The number of rotatable bonds is 3. The van der Waals surface area contributed by atoms with Gasteiger partial charge in [0.1, 0.15) is 17.4 Å². The molecule has 0 spiro atoms. The molecule has 18 heavy (non-hydrogen) atoms. The highest BCUT2D eigenvalue weighted by atomic mass is 16.4. The van der Waals surface area contributed by atoms with Crippen LogP contribution in [0, 0.1) is 0 Å². The fourth-order valence-electron chi connectivity index (χ4n) is 2.46. The minimum absolute atomic E-state index is 0.502. The number of aromatic amines is 1. The number of hydrogen-bond donors (Lipinski definition) is 3. The van der Waals surface area contributed by atoms with E-state index >= 15 is 0 Å². The average Bonchev–Trinajstić information content (AvgIpc) is 2.98. The molecule has 0 saturated heterocycles. The number of fused-ring (bicyclic) bond motifs is 1. The highest BCUT2D eigenvalue weighted by Crippen LogP contribution is 2.34. The first-order chi connectivity index (χ1) is 8.71. The van der Waals surface area contributed by atoms with Crippen LogP contribution in [0.15, 0.2) is 12.7 Å². The Morgan fingerprint density at radius 2 is 2.11 bits per heavy atom. The Labute approximate surface area is 103 Å². The molecule has 1 saturated carbocycles. The zero-order valence-corrected chi connectivity index (χ0v) is 9.68. The van der Waals surface area contributed by atoms with Crippen molar-refractivity contribution in [3.05, 3.63) is 12.7 Å². The van der Waals surface area contributed by atoms with Gasteiger partial charge in [-0.15, -0.1) is 0 Å². The summed E-state index contributed by atoms with van der Waals surface area (Å²) in [5.74, 6) is -0.326. The summed E-state index contributed by atoms with van der Waals surface area (Å²) in [7, 11) is 0. The van der Waals surface area contributed by atoms with Gasteiger partial charge in [0.15, 0.2) is 11.5 Å². The summed E-state index contributed by atoms with van der Waals surface area (Å²) in [5.41, 5.74) is 0.267. The van der Waals surface area contributed by atoms with Crippen LogP contribution in [0.3, 0.4) is 0 Å². The number of aromatic nitrogens is 4. The number of carboxylic acids is 1. The predicted molar refractivity (Wildman–Crippen MR) is 64.1 cm³/mol. The number of H-pyrrole nitrogens is 1. The Morgan fingerprint density at radius 3 is 2.83 bits per heavy atom. The van der Waals surface area contributed by atoms with Crippen LogP contribution < -0.4 is 5.32 Å². The molecule has 7 nitrogen and oxygen atoms in total. The summed E-state index contributed by atoms with van der Waals surface area (Å²) in [5, 5.41) is 12.5. The summed E-state index contributed by atoms with van der Waals surface area (Å²) in [6.45, 7) is 0. The molecule has 0 amide bonds. The molecule has 2 aromatic rings. The molecule has 7 heteroatoms. The van der Waals surface area contributed by atoms with Crippen LogP contribution >= 0.6 is 0 Å². The molecule has 0 unspecified atom stereocenters. The third kappa shape index (κ3) is 1.59. The molecule has 1 fully saturated rings. The van der Waals surface area contributed by atoms with Gasteiger partial charge in [0.25, 0.3) is 0 Å². The van der Waals surface area contributed by atoms with Crippen molar-refractivity contribution in [2.24, 2.45) is 0 Å². The number of carboxylic acid groups (broad SMARTS) is 1. The van der Waals surface area contributed by atoms with Crippen molar-refractivity contribution in [3.8, 4) is 0 Å². The lowest BCUT2D eigenvalue weighted by atomic mass is 9.98. The first kappa shape index (κ1) is 10.9. The number of aliphatic carboxylic acids is 1. The maximum atomic E-state index is 11.5.